The average Bonchev–Trinajstić information content (AvgIpc) is 2.75. The maximum Gasteiger partial charge on any atom is 0.258 e. The second-order valence-electron chi connectivity index (χ2n) is 6.47. The van der Waals surface area contributed by atoms with E-state index in [1.54, 1.807) is 48.5 Å². The van der Waals surface area contributed by atoms with Crippen LogP contribution < -0.4 is 14.8 Å². The number of anilines is 1. The quantitative estimate of drug-likeness (QED) is 0.512. The molecule has 0 bridgehead atoms. The molecule has 31 heavy (non-hydrogen) atoms. The number of benzene rings is 3. The predicted molar refractivity (Wildman–Crippen MR) is 117 cm³/mol. The average molecular weight is 463 g/mol. The monoisotopic (exact) mass is 462 g/mol. The lowest BCUT2D eigenvalue weighted by Gasteiger charge is -2.11. The van der Waals surface area contributed by atoms with Crippen LogP contribution in [-0.2, 0) is 16.6 Å². The Balaban J connectivity index is 1.76. The Bertz CT molecular complexity index is 1180. The Morgan fingerprint density at radius 3 is 2.45 bits per heavy atom. The van der Waals surface area contributed by atoms with Gasteiger partial charge >= 0.3 is 0 Å². The summed E-state index contributed by atoms with van der Waals surface area (Å²) in [6.07, 6.45) is 0. The topological polar surface area (TPSA) is 84.5 Å². The molecule has 0 aliphatic heterocycles. The van der Waals surface area contributed by atoms with E-state index < -0.39 is 27.3 Å². The fourth-order valence-corrected chi connectivity index (χ4v) is 3.98. The summed E-state index contributed by atoms with van der Waals surface area (Å²) in [6, 6.07) is 16.4. The van der Waals surface area contributed by atoms with Crippen molar-refractivity contribution >= 4 is 33.2 Å². The van der Waals surface area contributed by atoms with E-state index in [-0.39, 0.29) is 11.4 Å². The molecule has 0 aromatic heterocycles. The first kappa shape index (κ1) is 22.7. The van der Waals surface area contributed by atoms with Gasteiger partial charge in [-0.3, -0.25) is 4.79 Å². The molecule has 3 aromatic carbocycles. The van der Waals surface area contributed by atoms with Gasteiger partial charge in [-0.05, 0) is 61.0 Å². The highest BCUT2D eigenvalue weighted by Gasteiger charge is 2.20. The third kappa shape index (κ3) is 5.81. The molecule has 2 N–H and O–H groups in total. The first-order chi connectivity index (χ1) is 14.8. The Hall–Kier alpha value is -2.94. The number of carbonyl (C=O) groups is 1. The third-order valence-corrected chi connectivity index (χ3v) is 6.09. The molecule has 6 nitrogen and oxygen atoms in total. The van der Waals surface area contributed by atoms with Crippen molar-refractivity contribution < 1.29 is 22.3 Å². The van der Waals surface area contributed by atoms with Gasteiger partial charge in [0, 0.05) is 17.3 Å². The van der Waals surface area contributed by atoms with Gasteiger partial charge in [-0.1, -0.05) is 29.8 Å². The highest BCUT2D eigenvalue weighted by Crippen LogP contribution is 2.20. The smallest absolute Gasteiger partial charge is 0.258 e. The van der Waals surface area contributed by atoms with Crippen LogP contribution in [0.25, 0.3) is 0 Å². The molecule has 0 spiro atoms. The Morgan fingerprint density at radius 1 is 1.06 bits per heavy atom. The molecule has 3 rings (SSSR count). The van der Waals surface area contributed by atoms with E-state index in [1.165, 1.54) is 0 Å². The molecule has 0 atom stereocenters. The minimum atomic E-state index is -4.00. The summed E-state index contributed by atoms with van der Waals surface area (Å²) >= 11 is 6.05. The molecule has 162 valence electrons. The summed E-state index contributed by atoms with van der Waals surface area (Å²) in [6.45, 7) is 2.30. The number of carbonyl (C=O) groups excluding carboxylic acids is 1. The van der Waals surface area contributed by atoms with E-state index in [4.69, 9.17) is 16.3 Å². The van der Waals surface area contributed by atoms with Crippen molar-refractivity contribution in [3.8, 4) is 5.75 Å². The first-order valence-corrected chi connectivity index (χ1v) is 11.2. The Labute approximate surface area is 185 Å². The van der Waals surface area contributed by atoms with Crippen LogP contribution in [0.2, 0.25) is 5.02 Å². The lowest BCUT2D eigenvalue weighted by Crippen LogP contribution is -2.24. The SMILES string of the molecule is CCOc1ccc(NC(=O)c2cc(S(=O)(=O)NCc3ccccc3Cl)ccc2F)cc1. The number of sulfonamides is 1. The largest absolute Gasteiger partial charge is 0.494 e. The van der Waals surface area contributed by atoms with Gasteiger partial charge in [0.05, 0.1) is 17.1 Å². The number of hydrogen-bond acceptors (Lipinski definition) is 4. The Morgan fingerprint density at radius 2 is 1.77 bits per heavy atom. The van der Waals surface area contributed by atoms with Gasteiger partial charge in [0.15, 0.2) is 0 Å². The van der Waals surface area contributed by atoms with Crippen LogP contribution in [0, 0.1) is 5.82 Å². The zero-order chi connectivity index (χ0) is 22.4. The van der Waals surface area contributed by atoms with E-state index in [1.807, 2.05) is 6.92 Å². The van der Waals surface area contributed by atoms with Crippen LogP contribution in [0.15, 0.2) is 71.6 Å². The van der Waals surface area contributed by atoms with Crippen LogP contribution in [0.1, 0.15) is 22.8 Å². The molecule has 0 heterocycles. The zero-order valence-corrected chi connectivity index (χ0v) is 18.1. The number of rotatable bonds is 8. The first-order valence-electron chi connectivity index (χ1n) is 9.37. The fourth-order valence-electron chi connectivity index (χ4n) is 2.74. The van der Waals surface area contributed by atoms with Gasteiger partial charge in [-0.25, -0.2) is 17.5 Å². The molecule has 0 fully saturated rings. The minimum absolute atomic E-state index is 0.0485. The third-order valence-electron chi connectivity index (χ3n) is 4.33. The number of ether oxygens (including phenoxy) is 1. The van der Waals surface area contributed by atoms with Crippen molar-refractivity contribution in [1.29, 1.82) is 0 Å². The molecule has 0 aliphatic rings. The van der Waals surface area contributed by atoms with Crippen LogP contribution in [0.3, 0.4) is 0 Å². The van der Waals surface area contributed by atoms with Crippen molar-refractivity contribution in [2.45, 2.75) is 18.4 Å². The lowest BCUT2D eigenvalue weighted by atomic mass is 10.2. The van der Waals surface area contributed by atoms with Crippen LogP contribution >= 0.6 is 11.6 Å². The maximum atomic E-state index is 14.3. The van der Waals surface area contributed by atoms with Crippen molar-refractivity contribution in [3.63, 3.8) is 0 Å². The number of nitrogens with one attached hydrogen (secondary N) is 2. The summed E-state index contributed by atoms with van der Waals surface area (Å²) in [4.78, 5) is 12.3. The van der Waals surface area contributed by atoms with Crippen molar-refractivity contribution in [1.82, 2.24) is 4.72 Å². The molecular formula is C22H20ClFN2O4S. The van der Waals surface area contributed by atoms with Gasteiger partial charge in [0.1, 0.15) is 11.6 Å². The molecule has 0 saturated carbocycles. The highest BCUT2D eigenvalue weighted by atomic mass is 35.5. The highest BCUT2D eigenvalue weighted by molar-refractivity contribution is 7.89. The van der Waals surface area contributed by atoms with Crippen LogP contribution in [0.4, 0.5) is 10.1 Å². The summed E-state index contributed by atoms with van der Waals surface area (Å²) in [5.41, 5.74) is 0.607. The maximum absolute atomic E-state index is 14.3. The van der Waals surface area contributed by atoms with Crippen molar-refractivity contribution in [2.75, 3.05) is 11.9 Å². The summed E-state index contributed by atoms with van der Waals surface area (Å²) in [5.74, 6) is -0.984. The molecule has 3 aromatic rings. The number of halogens is 2. The number of amides is 1. The standard InChI is InChI=1S/C22H20ClFN2O4S/c1-2-30-17-9-7-16(8-10-17)26-22(27)19-13-18(11-12-21(19)24)31(28,29)25-14-15-5-3-4-6-20(15)23/h3-13,25H,2,14H2,1H3,(H,26,27). The van der Waals surface area contributed by atoms with Crippen molar-refractivity contribution in [2.24, 2.45) is 0 Å². The van der Waals surface area contributed by atoms with Crippen molar-refractivity contribution in [3.05, 3.63) is 88.7 Å². The zero-order valence-electron chi connectivity index (χ0n) is 16.6. The predicted octanol–water partition coefficient (Wildman–Crippen LogP) is 4.61. The number of hydrogen-bond donors (Lipinski definition) is 2. The van der Waals surface area contributed by atoms with E-state index in [9.17, 15) is 17.6 Å². The molecular weight excluding hydrogens is 443 g/mol. The van der Waals surface area contributed by atoms with Gasteiger partial charge in [0.25, 0.3) is 5.91 Å². The van der Waals surface area contributed by atoms with E-state index >= 15 is 0 Å². The second-order valence-corrected chi connectivity index (χ2v) is 8.64. The van der Waals surface area contributed by atoms with E-state index in [2.05, 4.69) is 10.0 Å². The van der Waals surface area contributed by atoms with E-state index in [0.29, 0.717) is 28.6 Å². The van der Waals surface area contributed by atoms with Gasteiger partial charge in [-0.15, -0.1) is 0 Å². The molecule has 1 amide bonds. The van der Waals surface area contributed by atoms with E-state index in [0.717, 1.165) is 18.2 Å². The normalized spacial score (nSPS) is 11.2. The summed E-state index contributed by atoms with van der Waals surface area (Å²) in [5, 5.41) is 2.96. The minimum Gasteiger partial charge on any atom is -0.494 e. The second kappa shape index (κ2) is 9.91. The van der Waals surface area contributed by atoms with Gasteiger partial charge < -0.3 is 10.1 Å². The molecule has 0 radical (unpaired) electrons. The van der Waals surface area contributed by atoms with Gasteiger partial charge in [0.2, 0.25) is 10.0 Å². The Kier molecular flexibility index (Phi) is 7.27. The molecule has 0 aliphatic carbocycles. The summed E-state index contributed by atoms with van der Waals surface area (Å²) < 4.78 is 47.3. The molecule has 0 unspecified atom stereocenters. The molecule has 0 saturated heterocycles. The fraction of sp³-hybridized carbons (Fsp3) is 0.136. The van der Waals surface area contributed by atoms with Crippen LogP contribution in [-0.4, -0.2) is 20.9 Å². The summed E-state index contributed by atoms with van der Waals surface area (Å²) in [7, 11) is -4.00. The van der Waals surface area contributed by atoms with Crippen LogP contribution in [0.5, 0.6) is 5.75 Å². The van der Waals surface area contributed by atoms with Gasteiger partial charge in [-0.2, -0.15) is 0 Å². The molecule has 9 heteroatoms. The lowest BCUT2D eigenvalue weighted by molar-refractivity contribution is 0.102.